The fourth-order valence-electron chi connectivity index (χ4n) is 3.94. The maximum Gasteiger partial charge on any atom is 0.309 e. The van der Waals surface area contributed by atoms with E-state index in [9.17, 15) is 9.59 Å². The third-order valence-corrected chi connectivity index (χ3v) is 5.39. The van der Waals surface area contributed by atoms with Gasteiger partial charge in [0.25, 0.3) is 0 Å². The van der Waals surface area contributed by atoms with Crippen molar-refractivity contribution >= 4 is 11.8 Å². The molecule has 130 valence electrons. The van der Waals surface area contributed by atoms with Gasteiger partial charge in [-0.25, -0.2) is 0 Å². The number of amides is 2. The number of aryl methyl sites for hydroxylation is 2. The van der Waals surface area contributed by atoms with Crippen molar-refractivity contribution in [1.82, 2.24) is 10.6 Å². The van der Waals surface area contributed by atoms with E-state index in [0.717, 1.165) is 50.5 Å². The van der Waals surface area contributed by atoms with Gasteiger partial charge >= 0.3 is 11.8 Å². The van der Waals surface area contributed by atoms with Gasteiger partial charge in [-0.05, 0) is 61.6 Å². The third-order valence-electron chi connectivity index (χ3n) is 5.39. The van der Waals surface area contributed by atoms with Crippen molar-refractivity contribution in [1.29, 1.82) is 0 Å². The molecule has 0 spiro atoms. The van der Waals surface area contributed by atoms with Crippen LogP contribution in [0.4, 0.5) is 0 Å². The molecule has 1 fully saturated rings. The fraction of sp³-hybridized carbons (Fsp3) is 0.600. The van der Waals surface area contributed by atoms with E-state index in [2.05, 4.69) is 28.8 Å². The second-order valence-corrected chi connectivity index (χ2v) is 7.12. The molecule has 1 atom stereocenters. The van der Waals surface area contributed by atoms with Gasteiger partial charge in [0.15, 0.2) is 0 Å². The Morgan fingerprint density at radius 1 is 1.04 bits per heavy atom. The zero-order valence-electron chi connectivity index (χ0n) is 14.6. The van der Waals surface area contributed by atoms with Crippen molar-refractivity contribution in [2.24, 2.45) is 0 Å². The van der Waals surface area contributed by atoms with E-state index in [0.29, 0.717) is 0 Å². The maximum atomic E-state index is 12.2. The van der Waals surface area contributed by atoms with Crippen LogP contribution in [0.25, 0.3) is 0 Å². The highest BCUT2D eigenvalue weighted by molar-refractivity contribution is 6.35. The SMILES string of the molecule is CCC(NC(=O)C(=O)NC1CCCC1)c1ccc2c(c1)CCCC2. The van der Waals surface area contributed by atoms with Gasteiger partial charge in [0, 0.05) is 6.04 Å². The number of fused-ring (bicyclic) bond motifs is 1. The molecule has 1 unspecified atom stereocenters. The van der Waals surface area contributed by atoms with Crippen LogP contribution in [0, 0.1) is 0 Å². The summed E-state index contributed by atoms with van der Waals surface area (Å²) in [7, 11) is 0. The molecule has 2 amide bonds. The van der Waals surface area contributed by atoms with Gasteiger partial charge in [0.2, 0.25) is 0 Å². The van der Waals surface area contributed by atoms with E-state index >= 15 is 0 Å². The van der Waals surface area contributed by atoms with E-state index in [1.54, 1.807) is 0 Å². The normalized spacial score (nSPS) is 18.7. The van der Waals surface area contributed by atoms with Gasteiger partial charge < -0.3 is 10.6 Å². The van der Waals surface area contributed by atoms with Crippen molar-refractivity contribution < 1.29 is 9.59 Å². The Morgan fingerprint density at radius 3 is 2.46 bits per heavy atom. The molecule has 1 aromatic carbocycles. The van der Waals surface area contributed by atoms with Crippen LogP contribution in [0.3, 0.4) is 0 Å². The Bertz CT molecular complexity index is 606. The van der Waals surface area contributed by atoms with Crippen LogP contribution in [0.1, 0.15) is 74.6 Å². The van der Waals surface area contributed by atoms with Crippen molar-refractivity contribution in [2.75, 3.05) is 0 Å². The summed E-state index contributed by atoms with van der Waals surface area (Å²) in [5.41, 5.74) is 3.95. The topological polar surface area (TPSA) is 58.2 Å². The number of carbonyl (C=O) groups is 2. The number of rotatable bonds is 4. The average Bonchev–Trinajstić information content (AvgIpc) is 3.12. The number of hydrogen-bond acceptors (Lipinski definition) is 2. The first-order chi connectivity index (χ1) is 11.7. The molecule has 24 heavy (non-hydrogen) atoms. The molecule has 0 saturated heterocycles. The van der Waals surface area contributed by atoms with Crippen LogP contribution >= 0.6 is 0 Å². The first-order valence-corrected chi connectivity index (χ1v) is 9.40. The van der Waals surface area contributed by atoms with Gasteiger partial charge in [0.1, 0.15) is 0 Å². The lowest BCUT2D eigenvalue weighted by molar-refractivity contribution is -0.140. The van der Waals surface area contributed by atoms with Crippen LogP contribution in [-0.2, 0) is 22.4 Å². The molecule has 1 aromatic rings. The highest BCUT2D eigenvalue weighted by atomic mass is 16.2. The summed E-state index contributed by atoms with van der Waals surface area (Å²) in [6, 6.07) is 6.59. The highest BCUT2D eigenvalue weighted by Crippen LogP contribution is 2.26. The van der Waals surface area contributed by atoms with E-state index in [1.165, 1.54) is 24.0 Å². The predicted octanol–water partition coefficient (Wildman–Crippen LogP) is 3.19. The molecule has 0 aromatic heterocycles. The van der Waals surface area contributed by atoms with Crippen molar-refractivity contribution in [3.63, 3.8) is 0 Å². The molecular formula is C20H28N2O2. The molecule has 0 bridgehead atoms. The lowest BCUT2D eigenvalue weighted by Gasteiger charge is -2.22. The fourth-order valence-corrected chi connectivity index (χ4v) is 3.94. The average molecular weight is 328 g/mol. The molecule has 3 rings (SSSR count). The van der Waals surface area contributed by atoms with Crippen LogP contribution in [0.2, 0.25) is 0 Å². The number of hydrogen-bond donors (Lipinski definition) is 2. The summed E-state index contributed by atoms with van der Waals surface area (Å²) in [5, 5.41) is 5.77. The van der Waals surface area contributed by atoms with Crippen molar-refractivity contribution in [2.45, 2.75) is 76.8 Å². The standard InChI is InChI=1S/C20H28N2O2/c1-2-18(16-12-11-14-7-3-4-8-15(14)13-16)22-20(24)19(23)21-17-9-5-6-10-17/h11-13,17-18H,2-10H2,1H3,(H,21,23)(H,22,24). The first kappa shape index (κ1) is 17.0. The van der Waals surface area contributed by atoms with E-state index in [4.69, 9.17) is 0 Å². The summed E-state index contributed by atoms with van der Waals surface area (Å²) in [6.07, 6.45) is 9.81. The Morgan fingerprint density at radius 2 is 1.75 bits per heavy atom. The van der Waals surface area contributed by atoms with Gasteiger partial charge in [0.05, 0.1) is 6.04 Å². The largest absolute Gasteiger partial charge is 0.345 e. The van der Waals surface area contributed by atoms with Crippen molar-refractivity contribution in [3.8, 4) is 0 Å². The van der Waals surface area contributed by atoms with E-state index < -0.39 is 11.8 Å². The van der Waals surface area contributed by atoms with Crippen LogP contribution < -0.4 is 10.6 Å². The molecule has 0 aliphatic heterocycles. The summed E-state index contributed by atoms with van der Waals surface area (Å²) < 4.78 is 0. The Kier molecular flexibility index (Phi) is 5.54. The minimum atomic E-state index is -0.508. The van der Waals surface area contributed by atoms with Crippen LogP contribution in [0.15, 0.2) is 18.2 Å². The number of carbonyl (C=O) groups excluding carboxylic acids is 2. The van der Waals surface area contributed by atoms with Gasteiger partial charge in [-0.15, -0.1) is 0 Å². The van der Waals surface area contributed by atoms with Gasteiger partial charge in [-0.2, -0.15) is 0 Å². The quantitative estimate of drug-likeness (QED) is 0.834. The summed E-state index contributed by atoms with van der Waals surface area (Å²) in [4.78, 5) is 24.3. The molecule has 2 aliphatic rings. The highest BCUT2D eigenvalue weighted by Gasteiger charge is 2.24. The van der Waals surface area contributed by atoms with E-state index in [1.807, 2.05) is 6.92 Å². The zero-order chi connectivity index (χ0) is 16.9. The summed E-state index contributed by atoms with van der Waals surface area (Å²) in [5.74, 6) is -0.996. The molecule has 2 N–H and O–H groups in total. The van der Waals surface area contributed by atoms with Crippen LogP contribution in [0.5, 0.6) is 0 Å². The van der Waals surface area contributed by atoms with Crippen LogP contribution in [-0.4, -0.2) is 17.9 Å². The maximum absolute atomic E-state index is 12.2. The smallest absolute Gasteiger partial charge is 0.309 e. The van der Waals surface area contributed by atoms with Gasteiger partial charge in [-0.3, -0.25) is 9.59 Å². The molecular weight excluding hydrogens is 300 g/mol. The number of nitrogens with one attached hydrogen (secondary N) is 2. The monoisotopic (exact) mass is 328 g/mol. The Balaban J connectivity index is 1.63. The molecule has 4 nitrogen and oxygen atoms in total. The lowest BCUT2D eigenvalue weighted by atomic mass is 9.89. The summed E-state index contributed by atoms with van der Waals surface area (Å²) in [6.45, 7) is 2.04. The van der Waals surface area contributed by atoms with Gasteiger partial charge in [-0.1, -0.05) is 38.0 Å². The number of benzene rings is 1. The van der Waals surface area contributed by atoms with Crippen molar-refractivity contribution in [3.05, 3.63) is 34.9 Å². The molecule has 1 saturated carbocycles. The van der Waals surface area contributed by atoms with E-state index in [-0.39, 0.29) is 12.1 Å². The second kappa shape index (κ2) is 7.82. The Hall–Kier alpha value is -1.84. The molecule has 0 radical (unpaired) electrons. The Labute approximate surface area is 144 Å². The molecule has 0 heterocycles. The first-order valence-electron chi connectivity index (χ1n) is 9.40. The predicted molar refractivity (Wildman–Crippen MR) is 94.7 cm³/mol. The molecule has 4 heteroatoms. The lowest BCUT2D eigenvalue weighted by Crippen LogP contribution is -2.44. The second-order valence-electron chi connectivity index (χ2n) is 7.12. The minimum Gasteiger partial charge on any atom is -0.345 e. The molecule has 2 aliphatic carbocycles. The minimum absolute atomic E-state index is 0.0981. The third kappa shape index (κ3) is 3.97. The summed E-state index contributed by atoms with van der Waals surface area (Å²) >= 11 is 0. The zero-order valence-corrected chi connectivity index (χ0v) is 14.6.